The largest absolute Gasteiger partial charge is 0.488 e. The average Bonchev–Trinajstić information content (AvgIpc) is 2.25. The molecule has 6 nitrogen and oxygen atoms in total. The second kappa shape index (κ2) is 7.05. The lowest BCUT2D eigenvalue weighted by Gasteiger charge is -2.31. The third-order valence-electron chi connectivity index (χ3n) is 2.44. The summed E-state index contributed by atoms with van der Waals surface area (Å²) in [4.78, 5) is 0. The van der Waals surface area contributed by atoms with E-state index >= 15 is 0 Å². The van der Waals surface area contributed by atoms with Crippen LogP contribution in [0.25, 0.3) is 0 Å². The van der Waals surface area contributed by atoms with Crippen molar-refractivity contribution in [1.29, 1.82) is 0 Å². The molecular formula is C11H20BIN2O4. The highest BCUT2D eigenvalue weighted by Crippen LogP contribution is 2.18. The quantitative estimate of drug-likeness (QED) is 0.197. The van der Waals surface area contributed by atoms with Gasteiger partial charge in [-0.15, -0.1) is 0 Å². The van der Waals surface area contributed by atoms with Crippen LogP contribution in [0.15, 0.2) is 23.3 Å². The first-order valence-corrected chi connectivity index (χ1v) is 7.46. The van der Waals surface area contributed by atoms with Crippen LogP contribution in [0.4, 0.5) is 0 Å². The lowest BCUT2D eigenvalue weighted by molar-refractivity contribution is -0.184. The standard InChI is InChI=1S/C11H20BIN2O4/c1-11(2,3)19-10(16)15-9-7(6-13)8(12(17)18)4-5-14-9/h4-5,9-10,14-18H,6H2,1-3H3. The molecule has 0 saturated carbocycles. The Morgan fingerprint density at radius 2 is 2.16 bits per heavy atom. The second-order valence-electron chi connectivity index (χ2n) is 5.17. The number of hydrogen-bond donors (Lipinski definition) is 5. The Balaban J connectivity index is 2.76. The van der Waals surface area contributed by atoms with Gasteiger partial charge >= 0.3 is 7.12 Å². The van der Waals surface area contributed by atoms with Gasteiger partial charge in [0.15, 0.2) is 0 Å². The van der Waals surface area contributed by atoms with Crippen molar-refractivity contribution in [2.24, 2.45) is 0 Å². The van der Waals surface area contributed by atoms with Crippen molar-refractivity contribution in [1.82, 2.24) is 10.6 Å². The molecule has 1 aliphatic rings. The highest BCUT2D eigenvalue weighted by Gasteiger charge is 2.27. The predicted octanol–water partition coefficient (Wildman–Crippen LogP) is -0.146. The van der Waals surface area contributed by atoms with Crippen molar-refractivity contribution in [3.63, 3.8) is 0 Å². The van der Waals surface area contributed by atoms with Gasteiger partial charge < -0.3 is 25.2 Å². The van der Waals surface area contributed by atoms with Crippen molar-refractivity contribution in [2.75, 3.05) is 4.43 Å². The van der Waals surface area contributed by atoms with E-state index in [2.05, 4.69) is 33.2 Å². The third-order valence-corrected chi connectivity index (χ3v) is 3.26. The van der Waals surface area contributed by atoms with E-state index in [9.17, 15) is 15.2 Å². The van der Waals surface area contributed by atoms with E-state index in [1.54, 1.807) is 12.3 Å². The van der Waals surface area contributed by atoms with Crippen LogP contribution in [0.3, 0.4) is 0 Å². The Morgan fingerprint density at radius 3 is 2.63 bits per heavy atom. The summed E-state index contributed by atoms with van der Waals surface area (Å²) in [6, 6.07) is 0. The number of hydrogen-bond acceptors (Lipinski definition) is 6. The predicted molar refractivity (Wildman–Crippen MR) is 82.1 cm³/mol. The molecule has 108 valence electrons. The van der Waals surface area contributed by atoms with Gasteiger partial charge in [0.1, 0.15) is 6.17 Å². The summed E-state index contributed by atoms with van der Waals surface area (Å²) >= 11 is 2.13. The fourth-order valence-corrected chi connectivity index (χ4v) is 2.56. The minimum absolute atomic E-state index is 0.406. The van der Waals surface area contributed by atoms with Crippen molar-refractivity contribution < 1.29 is 19.9 Å². The zero-order valence-corrected chi connectivity index (χ0v) is 13.4. The number of aliphatic hydroxyl groups is 1. The summed E-state index contributed by atoms with van der Waals surface area (Å²) in [5.74, 6) is 0. The molecule has 0 bridgehead atoms. The average molecular weight is 382 g/mol. The summed E-state index contributed by atoms with van der Waals surface area (Å²) in [5.41, 5.74) is 0.702. The van der Waals surface area contributed by atoms with Gasteiger partial charge in [-0.3, -0.25) is 0 Å². The third kappa shape index (κ3) is 5.40. The van der Waals surface area contributed by atoms with Crippen molar-refractivity contribution in [2.45, 2.75) is 39.0 Å². The summed E-state index contributed by atoms with van der Waals surface area (Å²) in [7, 11) is -1.53. The van der Waals surface area contributed by atoms with Crippen LogP contribution in [0.2, 0.25) is 0 Å². The molecule has 0 aromatic rings. The van der Waals surface area contributed by atoms with Crippen LogP contribution < -0.4 is 10.6 Å². The number of rotatable bonds is 5. The lowest BCUT2D eigenvalue weighted by atomic mass is 9.75. The molecular weight excluding hydrogens is 362 g/mol. The molecule has 0 saturated heterocycles. The molecule has 2 atom stereocenters. The van der Waals surface area contributed by atoms with Crippen molar-refractivity contribution in [3.8, 4) is 0 Å². The Morgan fingerprint density at radius 1 is 1.53 bits per heavy atom. The molecule has 0 amide bonds. The number of dihydropyridines is 1. The maximum absolute atomic E-state index is 9.83. The maximum atomic E-state index is 9.83. The molecule has 2 unspecified atom stereocenters. The van der Waals surface area contributed by atoms with Gasteiger partial charge in [0.2, 0.25) is 6.41 Å². The van der Waals surface area contributed by atoms with E-state index in [1.165, 1.54) is 0 Å². The van der Waals surface area contributed by atoms with E-state index in [-0.39, 0.29) is 0 Å². The molecule has 1 rings (SSSR count). The molecule has 0 fully saturated rings. The number of aliphatic hydroxyl groups excluding tert-OH is 1. The number of allylic oxidation sites excluding steroid dienone is 2. The van der Waals surface area contributed by atoms with E-state index in [1.807, 2.05) is 20.8 Å². The smallest absolute Gasteiger partial charge is 0.423 e. The van der Waals surface area contributed by atoms with E-state index < -0.39 is 25.3 Å². The molecule has 0 radical (unpaired) electrons. The van der Waals surface area contributed by atoms with E-state index in [0.29, 0.717) is 9.90 Å². The first-order valence-electron chi connectivity index (χ1n) is 5.94. The first kappa shape index (κ1) is 16.9. The molecule has 8 heteroatoms. The minimum atomic E-state index is -1.53. The van der Waals surface area contributed by atoms with Crippen LogP contribution in [0.5, 0.6) is 0 Å². The van der Waals surface area contributed by atoms with Gasteiger partial charge in [-0.05, 0) is 44.1 Å². The fourth-order valence-electron chi connectivity index (χ4n) is 1.67. The number of ether oxygens (including phenoxy) is 1. The zero-order valence-electron chi connectivity index (χ0n) is 11.2. The Kier molecular flexibility index (Phi) is 6.28. The minimum Gasteiger partial charge on any atom is -0.423 e. The van der Waals surface area contributed by atoms with Gasteiger partial charge in [-0.1, -0.05) is 22.6 Å². The molecule has 19 heavy (non-hydrogen) atoms. The number of nitrogens with one attached hydrogen (secondary N) is 2. The van der Waals surface area contributed by atoms with Crippen LogP contribution in [0.1, 0.15) is 20.8 Å². The summed E-state index contributed by atoms with van der Waals surface area (Å²) < 4.78 is 5.94. The monoisotopic (exact) mass is 382 g/mol. The topological polar surface area (TPSA) is 94.0 Å². The zero-order chi connectivity index (χ0) is 14.6. The second-order valence-corrected chi connectivity index (χ2v) is 5.93. The Hall–Kier alpha value is -0.125. The molecule has 1 aliphatic heterocycles. The molecule has 0 aromatic carbocycles. The summed E-state index contributed by atoms with van der Waals surface area (Å²) in [6.07, 6.45) is 1.65. The molecule has 0 spiro atoms. The molecule has 1 heterocycles. The lowest BCUT2D eigenvalue weighted by Crippen LogP contribution is -2.51. The highest BCUT2D eigenvalue weighted by atomic mass is 127. The number of halogens is 1. The molecule has 5 N–H and O–H groups in total. The van der Waals surface area contributed by atoms with Crippen LogP contribution in [-0.4, -0.2) is 44.9 Å². The van der Waals surface area contributed by atoms with Gasteiger partial charge in [-0.2, -0.15) is 0 Å². The first-order chi connectivity index (χ1) is 8.74. The van der Waals surface area contributed by atoms with E-state index in [4.69, 9.17) is 4.74 Å². The maximum Gasteiger partial charge on any atom is 0.488 e. The fraction of sp³-hybridized carbons (Fsp3) is 0.636. The summed E-state index contributed by atoms with van der Waals surface area (Å²) in [5, 5.41) is 34.3. The van der Waals surface area contributed by atoms with E-state index in [0.717, 1.165) is 5.57 Å². The Labute approximate surface area is 127 Å². The van der Waals surface area contributed by atoms with Crippen LogP contribution >= 0.6 is 22.6 Å². The van der Waals surface area contributed by atoms with Crippen molar-refractivity contribution in [3.05, 3.63) is 23.3 Å². The van der Waals surface area contributed by atoms with Crippen LogP contribution in [0, 0.1) is 0 Å². The number of alkyl halides is 1. The highest BCUT2D eigenvalue weighted by molar-refractivity contribution is 14.1. The molecule has 0 aromatic heterocycles. The van der Waals surface area contributed by atoms with Gasteiger partial charge in [-0.25, -0.2) is 5.32 Å². The van der Waals surface area contributed by atoms with Gasteiger partial charge in [0.25, 0.3) is 0 Å². The molecule has 0 aliphatic carbocycles. The Bertz CT molecular complexity index is 368. The van der Waals surface area contributed by atoms with Crippen molar-refractivity contribution >= 4 is 29.7 Å². The summed E-state index contributed by atoms with van der Waals surface area (Å²) in [6.45, 7) is 5.51. The SMILES string of the molecule is CC(C)(C)OC(O)NC1NC=CC(B(O)O)=C1CI. The normalized spacial score (nSPS) is 21.3. The van der Waals surface area contributed by atoms with Crippen LogP contribution in [-0.2, 0) is 4.74 Å². The van der Waals surface area contributed by atoms with Gasteiger partial charge in [0, 0.05) is 4.43 Å². The van der Waals surface area contributed by atoms with Gasteiger partial charge in [0.05, 0.1) is 5.60 Å².